The highest BCUT2D eigenvalue weighted by Crippen LogP contribution is 2.63. The SMILES string of the molecule is CC(=O)NC1C[C@@H]2[C@H](C=C1C)C2(C)C. The lowest BCUT2D eigenvalue weighted by Crippen LogP contribution is -2.35. The van der Waals surface area contributed by atoms with Crippen LogP contribution in [0, 0.1) is 17.3 Å². The summed E-state index contributed by atoms with van der Waals surface area (Å²) in [5, 5.41) is 3.02. The molecular weight excluding hydrogens is 174 g/mol. The number of hydrogen-bond donors (Lipinski definition) is 1. The van der Waals surface area contributed by atoms with Crippen molar-refractivity contribution in [2.45, 2.75) is 40.2 Å². The van der Waals surface area contributed by atoms with Crippen LogP contribution >= 0.6 is 0 Å². The van der Waals surface area contributed by atoms with Crippen molar-refractivity contribution < 1.29 is 4.79 Å². The zero-order valence-corrected chi connectivity index (χ0v) is 9.42. The van der Waals surface area contributed by atoms with Gasteiger partial charge in [0.1, 0.15) is 0 Å². The van der Waals surface area contributed by atoms with Crippen molar-refractivity contribution >= 4 is 5.91 Å². The van der Waals surface area contributed by atoms with Crippen molar-refractivity contribution in [3.63, 3.8) is 0 Å². The van der Waals surface area contributed by atoms with E-state index in [1.807, 2.05) is 0 Å². The third-order valence-corrected chi connectivity index (χ3v) is 4.00. The quantitative estimate of drug-likeness (QED) is 0.635. The number of rotatable bonds is 1. The summed E-state index contributed by atoms with van der Waals surface area (Å²) in [5.74, 6) is 1.62. The zero-order valence-electron chi connectivity index (χ0n) is 9.42. The lowest BCUT2D eigenvalue weighted by molar-refractivity contribution is -0.119. The fraction of sp³-hybridized carbons (Fsp3) is 0.750. The second kappa shape index (κ2) is 2.85. The first-order chi connectivity index (χ1) is 6.43. The molecule has 78 valence electrons. The minimum Gasteiger partial charge on any atom is -0.350 e. The summed E-state index contributed by atoms with van der Waals surface area (Å²) in [5.41, 5.74) is 1.81. The molecule has 0 radical (unpaired) electrons. The number of carbonyl (C=O) groups excluding carboxylic acids is 1. The second-order valence-corrected chi connectivity index (χ2v) is 5.35. The average Bonchev–Trinajstić information content (AvgIpc) is 2.54. The van der Waals surface area contributed by atoms with E-state index in [1.54, 1.807) is 6.92 Å². The molecule has 2 rings (SSSR count). The van der Waals surface area contributed by atoms with Gasteiger partial charge >= 0.3 is 0 Å². The Morgan fingerprint density at radius 2 is 2.21 bits per heavy atom. The largest absolute Gasteiger partial charge is 0.350 e. The van der Waals surface area contributed by atoms with Crippen LogP contribution in [0.25, 0.3) is 0 Å². The van der Waals surface area contributed by atoms with E-state index in [-0.39, 0.29) is 11.9 Å². The summed E-state index contributed by atoms with van der Waals surface area (Å²) in [6.45, 7) is 8.37. The van der Waals surface area contributed by atoms with Gasteiger partial charge in [-0.25, -0.2) is 0 Å². The Morgan fingerprint density at radius 3 is 2.79 bits per heavy atom. The third-order valence-electron chi connectivity index (χ3n) is 4.00. The van der Waals surface area contributed by atoms with Crippen LogP contribution in [0.1, 0.15) is 34.1 Å². The van der Waals surface area contributed by atoms with Crippen LogP contribution in [0.5, 0.6) is 0 Å². The molecule has 2 aliphatic carbocycles. The molecule has 1 saturated carbocycles. The number of carbonyl (C=O) groups is 1. The third kappa shape index (κ3) is 1.37. The Kier molecular flexibility index (Phi) is 1.98. The molecule has 3 atom stereocenters. The van der Waals surface area contributed by atoms with Crippen molar-refractivity contribution in [2.75, 3.05) is 0 Å². The van der Waals surface area contributed by atoms with Crippen LogP contribution < -0.4 is 5.32 Å². The molecule has 0 bridgehead atoms. The van der Waals surface area contributed by atoms with Gasteiger partial charge in [0, 0.05) is 6.92 Å². The molecule has 1 amide bonds. The van der Waals surface area contributed by atoms with Crippen LogP contribution in [0.3, 0.4) is 0 Å². The predicted molar refractivity (Wildman–Crippen MR) is 56.7 cm³/mol. The summed E-state index contributed by atoms with van der Waals surface area (Å²) < 4.78 is 0. The molecule has 1 unspecified atom stereocenters. The fourth-order valence-electron chi connectivity index (χ4n) is 2.83. The molecule has 0 aromatic heterocycles. The normalized spacial score (nSPS) is 38.3. The summed E-state index contributed by atoms with van der Waals surface area (Å²) in [4.78, 5) is 11.0. The van der Waals surface area contributed by atoms with Crippen LogP contribution in [0.2, 0.25) is 0 Å². The van der Waals surface area contributed by atoms with Gasteiger partial charge in [-0.15, -0.1) is 0 Å². The molecule has 2 heteroatoms. The Labute approximate surface area is 85.8 Å². The minimum absolute atomic E-state index is 0.0830. The molecule has 0 aliphatic heterocycles. The van der Waals surface area contributed by atoms with E-state index in [4.69, 9.17) is 0 Å². The molecule has 14 heavy (non-hydrogen) atoms. The number of allylic oxidation sites excluding steroid dienone is 1. The van der Waals surface area contributed by atoms with Crippen molar-refractivity contribution in [3.05, 3.63) is 11.6 Å². The minimum atomic E-state index is 0.0830. The Hall–Kier alpha value is -0.790. The number of hydrogen-bond acceptors (Lipinski definition) is 1. The molecule has 2 aliphatic rings. The van der Waals surface area contributed by atoms with Gasteiger partial charge in [-0.05, 0) is 30.6 Å². The lowest BCUT2D eigenvalue weighted by Gasteiger charge is -2.21. The van der Waals surface area contributed by atoms with E-state index < -0.39 is 0 Å². The topological polar surface area (TPSA) is 29.1 Å². The Morgan fingerprint density at radius 1 is 1.57 bits per heavy atom. The number of fused-ring (bicyclic) bond motifs is 1. The number of amides is 1. The molecule has 0 aromatic rings. The van der Waals surface area contributed by atoms with Crippen molar-refractivity contribution in [3.8, 4) is 0 Å². The first kappa shape index (κ1) is 9.75. The van der Waals surface area contributed by atoms with Crippen LogP contribution in [-0.4, -0.2) is 11.9 Å². The van der Waals surface area contributed by atoms with Gasteiger partial charge in [0.15, 0.2) is 0 Å². The van der Waals surface area contributed by atoms with Crippen LogP contribution in [0.15, 0.2) is 11.6 Å². The first-order valence-electron chi connectivity index (χ1n) is 5.38. The fourth-order valence-corrected chi connectivity index (χ4v) is 2.83. The smallest absolute Gasteiger partial charge is 0.217 e. The Bertz CT molecular complexity index is 303. The molecule has 0 aromatic carbocycles. The van der Waals surface area contributed by atoms with Gasteiger partial charge in [-0.3, -0.25) is 4.79 Å². The van der Waals surface area contributed by atoms with E-state index in [0.717, 1.165) is 18.3 Å². The first-order valence-corrected chi connectivity index (χ1v) is 5.38. The van der Waals surface area contributed by atoms with Crippen molar-refractivity contribution in [2.24, 2.45) is 17.3 Å². The van der Waals surface area contributed by atoms with Gasteiger partial charge in [0.05, 0.1) is 6.04 Å². The average molecular weight is 193 g/mol. The van der Waals surface area contributed by atoms with Gasteiger partial charge < -0.3 is 5.32 Å². The van der Waals surface area contributed by atoms with E-state index in [0.29, 0.717) is 5.41 Å². The van der Waals surface area contributed by atoms with E-state index in [1.165, 1.54) is 5.57 Å². The molecular formula is C12H19NO. The summed E-state index contributed by atoms with van der Waals surface area (Å²) in [7, 11) is 0. The molecule has 0 spiro atoms. The summed E-state index contributed by atoms with van der Waals surface area (Å²) >= 11 is 0. The van der Waals surface area contributed by atoms with Crippen LogP contribution in [0.4, 0.5) is 0 Å². The van der Waals surface area contributed by atoms with E-state index in [2.05, 4.69) is 32.2 Å². The van der Waals surface area contributed by atoms with Gasteiger partial charge in [0.2, 0.25) is 5.91 Å². The molecule has 1 fully saturated rings. The standard InChI is InChI=1S/C12H19NO/c1-7-5-9-10(12(9,3)4)6-11(7)13-8(2)14/h5,9-11H,6H2,1-4H3,(H,13,14)/t9-,10+,11?/m0/s1. The van der Waals surface area contributed by atoms with E-state index in [9.17, 15) is 4.79 Å². The molecule has 2 nitrogen and oxygen atoms in total. The molecule has 0 saturated heterocycles. The number of nitrogens with one attached hydrogen (secondary N) is 1. The monoisotopic (exact) mass is 193 g/mol. The maximum Gasteiger partial charge on any atom is 0.217 e. The molecule has 0 heterocycles. The maximum atomic E-state index is 11.0. The van der Waals surface area contributed by atoms with Crippen molar-refractivity contribution in [1.82, 2.24) is 5.32 Å². The van der Waals surface area contributed by atoms with Gasteiger partial charge in [-0.1, -0.05) is 25.5 Å². The van der Waals surface area contributed by atoms with Crippen LogP contribution in [-0.2, 0) is 4.79 Å². The maximum absolute atomic E-state index is 11.0. The molecule has 1 N–H and O–H groups in total. The summed E-state index contributed by atoms with van der Waals surface area (Å²) in [6, 6.07) is 0.288. The highest BCUT2D eigenvalue weighted by molar-refractivity contribution is 5.73. The van der Waals surface area contributed by atoms with E-state index >= 15 is 0 Å². The summed E-state index contributed by atoms with van der Waals surface area (Å²) in [6.07, 6.45) is 3.48. The van der Waals surface area contributed by atoms with Gasteiger partial charge in [0.25, 0.3) is 0 Å². The highest BCUT2D eigenvalue weighted by Gasteiger charge is 2.58. The van der Waals surface area contributed by atoms with Crippen molar-refractivity contribution in [1.29, 1.82) is 0 Å². The highest BCUT2D eigenvalue weighted by atomic mass is 16.1. The second-order valence-electron chi connectivity index (χ2n) is 5.35. The van der Waals surface area contributed by atoms with Gasteiger partial charge in [-0.2, -0.15) is 0 Å². The zero-order chi connectivity index (χ0) is 10.5. The lowest BCUT2D eigenvalue weighted by atomic mass is 9.95. The predicted octanol–water partition coefficient (Wildman–Crippen LogP) is 2.11. The Balaban J connectivity index is 2.09.